The Morgan fingerprint density at radius 3 is 1.12 bits per heavy atom. The Kier molecular flexibility index (Phi) is 33.1. The zero-order chi connectivity index (χ0) is 101. The molecule has 0 saturated carbocycles. The van der Waals surface area contributed by atoms with Gasteiger partial charge in [0.25, 0.3) is 0 Å². The number of ether oxygens (including phenoxy) is 4. The lowest BCUT2D eigenvalue weighted by molar-refractivity contribution is -0.0499. The van der Waals surface area contributed by atoms with Gasteiger partial charge in [0, 0.05) is 91.8 Å². The van der Waals surface area contributed by atoms with Gasteiger partial charge in [-0.05, 0) is 241 Å². The average Bonchev–Trinajstić information content (AvgIpc) is 1.60. The summed E-state index contributed by atoms with van der Waals surface area (Å²) in [6.45, 7) is 8.27. The topological polar surface area (TPSA) is 241 Å². The van der Waals surface area contributed by atoms with Crippen molar-refractivity contribution in [1.82, 2.24) is 0 Å². The first-order chi connectivity index (χ1) is 67.4. The average molecular weight is 2110 g/mol. The number of alkyl halides is 3. The van der Waals surface area contributed by atoms with Crippen molar-refractivity contribution < 1.29 is 110 Å². The normalized spacial score (nSPS) is 12.4. The number of phenolic OH excluding ortho intramolecular Hbond substituents is 3. The van der Waals surface area contributed by atoms with Gasteiger partial charge < -0.3 is 75.1 Å². The Balaban J connectivity index is 0.000000130. The monoisotopic (exact) mass is 2110 g/mol. The fourth-order valence-corrected chi connectivity index (χ4v) is 16.7. The van der Waals surface area contributed by atoms with Crippen LogP contribution in [0.25, 0.3) is 132 Å². The van der Waals surface area contributed by atoms with Crippen molar-refractivity contribution in [1.29, 1.82) is 0 Å². The molecule has 1 aliphatic heterocycles. The molecule has 4 aromatic heterocycles. The molecule has 20 aromatic rings. The Morgan fingerprint density at radius 1 is 0.355 bits per heavy atom. The first-order valence-electron chi connectivity index (χ1n) is 42.4. The number of hydrogen-bond acceptors (Lipinski definition) is 18. The van der Waals surface area contributed by atoms with E-state index in [1.807, 2.05) is 84.9 Å². The third-order valence-corrected chi connectivity index (χ3v) is 25.3. The van der Waals surface area contributed by atoms with Crippen LogP contribution in [-0.4, -0.2) is 88.7 Å². The number of fused-ring (bicyclic) bond motifs is 12. The fourth-order valence-electron chi connectivity index (χ4n) is 15.0. The van der Waals surface area contributed by atoms with Crippen LogP contribution in [0.5, 0.6) is 51.7 Å². The first kappa shape index (κ1) is 104. The van der Waals surface area contributed by atoms with E-state index >= 15 is 0 Å². The predicted molar refractivity (Wildman–Crippen MR) is 551 cm³/mol. The summed E-state index contributed by atoms with van der Waals surface area (Å²) in [4.78, 5) is 0. The standard InChI is InChI=1S/C24H23BO3.C18H11ClO.C14H12ClFO2.C13H6ClF3O4S.C12H8ClFO2.C12H7ClO2.C8H10BO4.C6H3BrClF/c1-23(2)24(3,4)28-25(27-23)17-13-14-19-21(15-17)26-20-12-8-11-18(22(19)20)16-9-6-5-7-10-16;19-13-9-10-15-17(11-13)20-16-8-4-7-14(18(15)16)12-5-2-1-3-6-12;1-17-12-4-3-5-13(18-2)14(12)10-7-6-9(15)8-11(10)16;14-7-4-5-8-11(6-7)20-9-2-1-3-10(12(8)9)21-22(18,19)13(15,16)17;13-7-4-5-8(9(14)6-7)12-10(15)2-1-3-11(12)16;13-7-4-5-8-11(6-7)15-10-3-1-2-9(14)12(8)10;1-11-6-4-3-5-7(12-2)8(6)13-9-10;7-5-2-1-4(8)3-6(5)9/h5-15H,1-4H3;1-11H;3-8H,1-2H3;1-6H;1-6,15-16H;1-6,14H;3-5,10H,1-2H3;1-3H. The van der Waals surface area contributed by atoms with Crippen LogP contribution in [0, 0.1) is 17.5 Å². The lowest BCUT2D eigenvalue weighted by atomic mass is 9.79. The number of methoxy groups -OCH3 is 4. The summed E-state index contributed by atoms with van der Waals surface area (Å²) in [6, 6.07) is 91.9. The molecule has 1 aliphatic rings. The summed E-state index contributed by atoms with van der Waals surface area (Å²) in [6.07, 6.45) is 0. The second kappa shape index (κ2) is 45.1. The van der Waals surface area contributed by atoms with Gasteiger partial charge in [-0.25, -0.2) is 13.2 Å². The van der Waals surface area contributed by atoms with Crippen molar-refractivity contribution in [2.45, 2.75) is 44.4 Å². The summed E-state index contributed by atoms with van der Waals surface area (Å²) < 4.78 is 165. The van der Waals surface area contributed by atoms with Gasteiger partial charge in [-0.2, -0.15) is 21.6 Å². The molecule has 0 amide bonds. The van der Waals surface area contributed by atoms with E-state index in [1.165, 1.54) is 123 Å². The summed E-state index contributed by atoms with van der Waals surface area (Å²) >= 11 is 37.5. The lowest BCUT2D eigenvalue weighted by Gasteiger charge is -2.32. The molecular formula is C107H80B2BrCl6F6O18S. The Morgan fingerprint density at radius 2 is 0.695 bits per heavy atom. The molecule has 34 heteroatoms. The fraction of sp³-hybridized carbons (Fsp3) is 0.103. The van der Waals surface area contributed by atoms with Crippen LogP contribution in [0.4, 0.5) is 26.3 Å². The van der Waals surface area contributed by atoms with Crippen molar-refractivity contribution in [3.8, 4) is 96.3 Å². The number of phenols is 3. The SMILES string of the molecule is CC1(C)OB(c2ccc3c(c2)oc2cccc(-c4ccccc4)c23)OC1(C)C.COc1cccc(OC)c1-c1ccc(Cl)cc1F.COc1cccc(OC)c1O[B]O.Clc1ccc2c(c1)oc1cccc(-c3ccccc3)c12.Fc1cc(Cl)ccc1Br.O=S(=O)(Oc1cccc2oc3cc(Cl)ccc3c12)C(F)(F)F.Oc1cccc(O)c1-c1ccc(Cl)cc1F.Oc1cccc2oc3cc(Cl)ccc3c12. The van der Waals surface area contributed by atoms with Gasteiger partial charge >= 0.3 is 30.4 Å². The van der Waals surface area contributed by atoms with E-state index in [4.69, 9.17) is 125 Å². The van der Waals surface area contributed by atoms with E-state index in [0.29, 0.717) is 99.3 Å². The molecule has 21 rings (SSSR count). The minimum Gasteiger partial charge on any atom is -0.532 e. The molecule has 1 saturated heterocycles. The molecule has 0 bridgehead atoms. The molecule has 0 aliphatic carbocycles. The van der Waals surface area contributed by atoms with Crippen molar-refractivity contribution in [2.75, 3.05) is 28.4 Å². The van der Waals surface area contributed by atoms with Crippen LogP contribution in [0.2, 0.25) is 30.1 Å². The third-order valence-electron chi connectivity index (χ3n) is 22.3. The zero-order valence-electron chi connectivity index (χ0n) is 75.5. The van der Waals surface area contributed by atoms with E-state index in [0.717, 1.165) is 72.2 Å². The highest BCUT2D eigenvalue weighted by molar-refractivity contribution is 9.10. The van der Waals surface area contributed by atoms with Gasteiger partial charge in [-0.1, -0.05) is 197 Å². The summed E-state index contributed by atoms with van der Waals surface area (Å²) in [7, 11) is 0.520. The highest BCUT2D eigenvalue weighted by atomic mass is 79.9. The molecule has 719 valence electrons. The van der Waals surface area contributed by atoms with E-state index in [9.17, 15) is 50.1 Å². The van der Waals surface area contributed by atoms with Crippen LogP contribution in [0.15, 0.2) is 338 Å². The van der Waals surface area contributed by atoms with Crippen LogP contribution < -0.4 is 33.2 Å². The number of benzene rings is 16. The van der Waals surface area contributed by atoms with Gasteiger partial charge in [0.15, 0.2) is 23.0 Å². The number of halogens is 13. The summed E-state index contributed by atoms with van der Waals surface area (Å²) in [5.41, 5.74) is 5.97. The highest BCUT2D eigenvalue weighted by Crippen LogP contribution is 2.47. The van der Waals surface area contributed by atoms with Gasteiger partial charge in [0.1, 0.15) is 90.9 Å². The smallest absolute Gasteiger partial charge is 0.532 e. The number of aromatic hydroxyl groups is 3. The number of para-hydroxylation sites is 1. The molecule has 4 N–H and O–H groups in total. The van der Waals surface area contributed by atoms with E-state index < -0.39 is 40.1 Å². The van der Waals surface area contributed by atoms with Gasteiger partial charge in [-0.15, -0.1) is 0 Å². The Hall–Kier alpha value is -13.3. The lowest BCUT2D eigenvalue weighted by Crippen LogP contribution is -2.41. The van der Waals surface area contributed by atoms with Crippen molar-refractivity contribution in [2.24, 2.45) is 0 Å². The summed E-state index contributed by atoms with van der Waals surface area (Å²) in [5, 5.41) is 46.7. The van der Waals surface area contributed by atoms with Crippen molar-refractivity contribution in [3.05, 3.63) is 368 Å². The van der Waals surface area contributed by atoms with Crippen LogP contribution >= 0.6 is 85.5 Å². The van der Waals surface area contributed by atoms with Gasteiger partial charge in [0.2, 0.25) is 0 Å². The molecule has 18 nitrogen and oxygen atoms in total. The molecule has 0 atom stereocenters. The second-order valence-corrected chi connectivity index (χ2v) is 36.8. The number of rotatable bonds is 13. The first-order valence-corrected chi connectivity index (χ1v) is 46.9. The van der Waals surface area contributed by atoms with E-state index in [2.05, 4.69) is 108 Å². The predicted octanol–water partition coefficient (Wildman–Crippen LogP) is 31.4. The molecule has 5 heterocycles. The highest BCUT2D eigenvalue weighted by Gasteiger charge is 2.52. The minimum absolute atomic E-state index is 0.0664. The number of furan rings is 4. The maximum absolute atomic E-state index is 14.0. The minimum atomic E-state index is -5.76. The molecule has 16 aromatic carbocycles. The maximum Gasteiger partial charge on any atom is 0.569 e. The Labute approximate surface area is 843 Å². The van der Waals surface area contributed by atoms with Crippen LogP contribution in [0.1, 0.15) is 27.7 Å². The second-order valence-electron chi connectivity index (χ2n) is 31.8. The number of hydrogen-bond donors (Lipinski definition) is 4. The zero-order valence-corrected chi connectivity index (χ0v) is 82.4. The molecule has 1 fully saturated rings. The van der Waals surface area contributed by atoms with Gasteiger partial charge in [0.05, 0.1) is 66.0 Å². The van der Waals surface area contributed by atoms with E-state index in [-0.39, 0.29) is 61.4 Å². The van der Waals surface area contributed by atoms with Gasteiger partial charge in [-0.3, -0.25) is 0 Å². The Bertz CT molecular complexity index is 7960. The van der Waals surface area contributed by atoms with Crippen LogP contribution in [-0.2, 0) is 19.4 Å². The van der Waals surface area contributed by atoms with Crippen molar-refractivity contribution >= 4 is 204 Å². The molecule has 0 spiro atoms. The molecule has 1 radical (unpaired) electrons. The van der Waals surface area contributed by atoms with Crippen LogP contribution in [0.3, 0.4) is 0 Å². The largest absolute Gasteiger partial charge is 0.569 e. The summed E-state index contributed by atoms with van der Waals surface area (Å²) in [5.74, 6) is 0.541. The maximum atomic E-state index is 14.0. The van der Waals surface area contributed by atoms with E-state index in [1.54, 1.807) is 84.9 Å². The molecular weight excluding hydrogens is 2030 g/mol. The molecule has 0 unspecified atom stereocenters. The molecule has 141 heavy (non-hydrogen) atoms. The quantitative estimate of drug-likeness (QED) is 0.0276. The third kappa shape index (κ3) is 23.8. The van der Waals surface area contributed by atoms with Crippen molar-refractivity contribution in [3.63, 3.8) is 0 Å².